The predicted octanol–water partition coefficient (Wildman–Crippen LogP) is 4.35. The minimum absolute atomic E-state index is 0.104. The summed E-state index contributed by atoms with van der Waals surface area (Å²) < 4.78 is 7.94. The fraction of sp³-hybridized carbons (Fsp3) is 0.542. The third-order valence-corrected chi connectivity index (χ3v) is 6.87. The van der Waals surface area contributed by atoms with Gasteiger partial charge in [-0.15, -0.1) is 6.42 Å². The van der Waals surface area contributed by atoms with E-state index in [2.05, 4.69) is 35.9 Å². The first-order valence-corrected chi connectivity index (χ1v) is 11.0. The molecule has 4 rings (SSSR count). The topological polar surface area (TPSA) is 30.3 Å². The van der Waals surface area contributed by atoms with Crippen LogP contribution in [-0.4, -0.2) is 46.0 Å². The first kappa shape index (κ1) is 20.5. The molecule has 1 aliphatic heterocycles. The Morgan fingerprint density at radius 2 is 1.93 bits per heavy atom. The van der Waals surface area contributed by atoms with Gasteiger partial charge in [0, 0.05) is 42.3 Å². The molecule has 0 amide bonds. The van der Waals surface area contributed by atoms with E-state index in [0.29, 0.717) is 24.6 Å². The highest BCUT2D eigenvalue weighted by atomic mass is 35.5. The number of ether oxygens (including phenoxy) is 1. The quantitative estimate of drug-likeness (QED) is 0.700. The smallest absolute Gasteiger partial charge is 0.130 e. The molecule has 0 spiro atoms. The van der Waals surface area contributed by atoms with Crippen LogP contribution in [0.2, 0.25) is 5.02 Å². The van der Waals surface area contributed by atoms with Crippen molar-refractivity contribution in [3.63, 3.8) is 0 Å². The van der Waals surface area contributed by atoms with Gasteiger partial charge in [0.2, 0.25) is 0 Å². The van der Waals surface area contributed by atoms with Gasteiger partial charge >= 0.3 is 0 Å². The van der Waals surface area contributed by atoms with Crippen LogP contribution >= 0.6 is 11.6 Å². The van der Waals surface area contributed by atoms with E-state index in [-0.39, 0.29) is 6.10 Å². The van der Waals surface area contributed by atoms with Crippen LogP contribution in [0.3, 0.4) is 0 Å². The highest BCUT2D eigenvalue weighted by molar-refractivity contribution is 6.30. The SMILES string of the molecule is C#CC1CN(C2CCC(c3cc(C)n(C)n3)CC2)C(Cc2ccc(Cl)cc2)CO1. The molecule has 29 heavy (non-hydrogen) atoms. The normalized spacial score (nSPS) is 28.2. The number of terminal acetylenes is 1. The van der Waals surface area contributed by atoms with Crippen LogP contribution in [0.5, 0.6) is 0 Å². The Labute approximate surface area is 179 Å². The average Bonchev–Trinajstić information content (AvgIpc) is 3.08. The molecule has 2 atom stereocenters. The second kappa shape index (κ2) is 8.92. The Bertz CT molecular complexity index is 842. The number of morpholine rings is 1. The summed E-state index contributed by atoms with van der Waals surface area (Å²) in [5.41, 5.74) is 3.78. The number of rotatable bonds is 4. The summed E-state index contributed by atoms with van der Waals surface area (Å²) in [6, 6.07) is 11.3. The van der Waals surface area contributed by atoms with Gasteiger partial charge in [0.1, 0.15) is 6.10 Å². The molecule has 1 aromatic heterocycles. The van der Waals surface area contributed by atoms with Gasteiger partial charge in [0.15, 0.2) is 0 Å². The zero-order chi connectivity index (χ0) is 20.4. The second-order valence-electron chi connectivity index (χ2n) is 8.51. The van der Waals surface area contributed by atoms with E-state index in [1.54, 1.807) is 0 Å². The fourth-order valence-corrected chi connectivity index (χ4v) is 4.95. The van der Waals surface area contributed by atoms with Crippen molar-refractivity contribution in [2.24, 2.45) is 7.05 Å². The van der Waals surface area contributed by atoms with Crippen molar-refractivity contribution in [2.75, 3.05) is 13.2 Å². The molecule has 2 heterocycles. The summed E-state index contributed by atoms with van der Waals surface area (Å²) in [6.45, 7) is 3.64. The number of halogens is 1. The Morgan fingerprint density at radius 1 is 1.21 bits per heavy atom. The summed E-state index contributed by atoms with van der Waals surface area (Å²) in [6.07, 6.45) is 11.3. The Hall–Kier alpha value is -1.80. The Morgan fingerprint density at radius 3 is 2.55 bits per heavy atom. The monoisotopic (exact) mass is 411 g/mol. The molecular weight excluding hydrogens is 382 g/mol. The highest BCUT2D eigenvalue weighted by Gasteiger charge is 2.35. The molecule has 2 aromatic rings. The van der Waals surface area contributed by atoms with Crippen molar-refractivity contribution in [1.82, 2.24) is 14.7 Å². The third kappa shape index (κ3) is 4.69. The average molecular weight is 412 g/mol. The van der Waals surface area contributed by atoms with E-state index in [0.717, 1.165) is 18.0 Å². The van der Waals surface area contributed by atoms with Crippen molar-refractivity contribution in [3.8, 4) is 12.3 Å². The highest BCUT2D eigenvalue weighted by Crippen LogP contribution is 2.36. The molecule has 0 bridgehead atoms. The lowest BCUT2D eigenvalue weighted by atomic mass is 9.82. The number of benzene rings is 1. The number of nitrogens with zero attached hydrogens (tertiary/aromatic N) is 3. The molecule has 5 heteroatoms. The largest absolute Gasteiger partial charge is 0.363 e. The predicted molar refractivity (Wildman–Crippen MR) is 117 cm³/mol. The molecule has 0 radical (unpaired) electrons. The molecule has 1 saturated carbocycles. The zero-order valence-corrected chi connectivity index (χ0v) is 18.1. The summed E-state index contributed by atoms with van der Waals surface area (Å²) >= 11 is 6.05. The van der Waals surface area contributed by atoms with Gasteiger partial charge < -0.3 is 4.74 Å². The molecule has 2 unspecified atom stereocenters. The maximum atomic E-state index is 6.05. The number of aryl methyl sites for hydroxylation is 2. The lowest BCUT2D eigenvalue weighted by Gasteiger charge is -2.45. The molecule has 154 valence electrons. The minimum atomic E-state index is -0.104. The van der Waals surface area contributed by atoms with E-state index in [4.69, 9.17) is 27.9 Å². The summed E-state index contributed by atoms with van der Waals surface area (Å²) in [5, 5.41) is 5.50. The zero-order valence-electron chi connectivity index (χ0n) is 17.4. The van der Waals surface area contributed by atoms with Gasteiger partial charge in [-0.2, -0.15) is 5.10 Å². The van der Waals surface area contributed by atoms with Crippen LogP contribution in [-0.2, 0) is 18.2 Å². The van der Waals surface area contributed by atoms with E-state index < -0.39 is 0 Å². The van der Waals surface area contributed by atoms with Crippen molar-refractivity contribution in [1.29, 1.82) is 0 Å². The van der Waals surface area contributed by atoms with E-state index in [1.165, 1.54) is 42.6 Å². The van der Waals surface area contributed by atoms with E-state index in [9.17, 15) is 0 Å². The van der Waals surface area contributed by atoms with Crippen molar-refractivity contribution in [3.05, 3.63) is 52.3 Å². The second-order valence-corrected chi connectivity index (χ2v) is 8.95. The van der Waals surface area contributed by atoms with Crippen LogP contribution in [0.4, 0.5) is 0 Å². The number of aromatic nitrogens is 2. The van der Waals surface area contributed by atoms with Crippen molar-refractivity contribution in [2.45, 2.75) is 63.1 Å². The van der Waals surface area contributed by atoms with Gasteiger partial charge in [-0.25, -0.2) is 0 Å². The standard InChI is InChI=1S/C24H30ClN3O/c1-4-23-15-28(22(16-29-23)14-18-5-9-20(25)10-6-18)21-11-7-19(8-12-21)24-13-17(2)27(3)26-24/h1,5-6,9-10,13,19,21-23H,7-8,11-12,14-16H2,2-3H3. The Kier molecular flexibility index (Phi) is 6.29. The molecule has 2 fully saturated rings. The lowest BCUT2D eigenvalue weighted by molar-refractivity contribution is -0.0626. The molecule has 1 aliphatic carbocycles. The van der Waals surface area contributed by atoms with Crippen LogP contribution in [0.25, 0.3) is 0 Å². The van der Waals surface area contributed by atoms with E-state index in [1.807, 2.05) is 23.9 Å². The lowest BCUT2D eigenvalue weighted by Crippen LogP contribution is -2.55. The summed E-state index contributed by atoms with van der Waals surface area (Å²) in [7, 11) is 2.03. The van der Waals surface area contributed by atoms with Gasteiger partial charge in [0.05, 0.1) is 12.3 Å². The van der Waals surface area contributed by atoms with Crippen molar-refractivity contribution < 1.29 is 4.74 Å². The van der Waals surface area contributed by atoms with Gasteiger partial charge in [-0.05, 0) is 62.8 Å². The van der Waals surface area contributed by atoms with Crippen LogP contribution < -0.4 is 0 Å². The van der Waals surface area contributed by atoms with Gasteiger partial charge in [-0.1, -0.05) is 29.7 Å². The van der Waals surface area contributed by atoms with Crippen molar-refractivity contribution >= 4 is 11.6 Å². The summed E-state index contributed by atoms with van der Waals surface area (Å²) in [4.78, 5) is 2.63. The molecular formula is C24H30ClN3O. The first-order chi connectivity index (χ1) is 14.0. The van der Waals surface area contributed by atoms with Crippen LogP contribution in [0.1, 0.15) is 48.6 Å². The maximum absolute atomic E-state index is 6.05. The maximum Gasteiger partial charge on any atom is 0.130 e. The molecule has 2 aliphatic rings. The number of hydrogen-bond donors (Lipinski definition) is 0. The molecule has 4 nitrogen and oxygen atoms in total. The Balaban J connectivity index is 1.43. The molecule has 1 aromatic carbocycles. The third-order valence-electron chi connectivity index (χ3n) is 6.62. The van der Waals surface area contributed by atoms with Gasteiger partial charge in [-0.3, -0.25) is 9.58 Å². The van der Waals surface area contributed by atoms with Gasteiger partial charge in [0.25, 0.3) is 0 Å². The van der Waals surface area contributed by atoms with Crippen LogP contribution in [0.15, 0.2) is 30.3 Å². The fourth-order valence-electron chi connectivity index (χ4n) is 4.82. The molecule has 0 N–H and O–H groups in total. The summed E-state index contributed by atoms with van der Waals surface area (Å²) in [5.74, 6) is 3.39. The molecule has 1 saturated heterocycles. The van der Waals surface area contributed by atoms with Crippen LogP contribution in [0, 0.1) is 19.3 Å². The number of hydrogen-bond acceptors (Lipinski definition) is 3. The first-order valence-electron chi connectivity index (χ1n) is 10.6. The minimum Gasteiger partial charge on any atom is -0.363 e. The van der Waals surface area contributed by atoms with E-state index >= 15 is 0 Å².